The highest BCUT2D eigenvalue weighted by atomic mass is 16.5. The molecule has 0 aromatic rings. The summed E-state index contributed by atoms with van der Waals surface area (Å²) in [5, 5.41) is 8.47. The molecule has 1 unspecified atom stereocenters. The zero-order valence-corrected chi connectivity index (χ0v) is 8.58. The van der Waals surface area contributed by atoms with E-state index in [1.54, 1.807) is 0 Å². The van der Waals surface area contributed by atoms with Crippen molar-refractivity contribution in [2.75, 3.05) is 0 Å². The van der Waals surface area contributed by atoms with Crippen molar-refractivity contribution < 1.29 is 5.21 Å². The molecular weight excluding hydrogens is 166 g/mol. The predicted molar refractivity (Wildman–Crippen MR) is 54.8 cm³/mol. The van der Waals surface area contributed by atoms with E-state index in [9.17, 15) is 0 Å². The van der Waals surface area contributed by atoms with Gasteiger partial charge < -0.3 is 5.73 Å². The Labute approximate surface area is 80.2 Å². The van der Waals surface area contributed by atoms with Crippen LogP contribution in [-0.2, 0) is 0 Å². The van der Waals surface area contributed by atoms with Gasteiger partial charge in [0.15, 0.2) is 0 Å². The zero-order valence-electron chi connectivity index (χ0n) is 8.58. The Bertz CT molecular complexity index is 148. The van der Waals surface area contributed by atoms with E-state index in [1.807, 2.05) is 5.48 Å². The number of rotatable bonds is 6. The average molecular weight is 187 g/mol. The molecule has 4 N–H and O–H groups in total. The second-order valence-corrected chi connectivity index (χ2v) is 3.21. The summed E-state index contributed by atoms with van der Waals surface area (Å²) in [5.74, 6) is 0.120. The molecule has 0 rings (SSSR count). The molecule has 78 valence electrons. The summed E-state index contributed by atoms with van der Waals surface area (Å²) in [6, 6.07) is 0.254. The Morgan fingerprint density at radius 1 is 1.38 bits per heavy atom. The minimum Gasteiger partial charge on any atom is -0.368 e. The molecule has 0 aliphatic heterocycles. The van der Waals surface area contributed by atoms with Gasteiger partial charge in [0.05, 0.1) is 6.04 Å². The number of guanidine groups is 1. The summed E-state index contributed by atoms with van der Waals surface area (Å²) in [6.07, 6.45) is 5.50. The molecular formula is C9H21N3O. The molecule has 0 bridgehead atoms. The lowest BCUT2D eigenvalue weighted by molar-refractivity contribution is 0.231. The second-order valence-electron chi connectivity index (χ2n) is 3.21. The Kier molecular flexibility index (Phi) is 7.39. The highest BCUT2D eigenvalue weighted by molar-refractivity contribution is 5.76. The van der Waals surface area contributed by atoms with E-state index in [4.69, 9.17) is 10.9 Å². The molecule has 4 nitrogen and oxygen atoms in total. The normalized spacial score (nSPS) is 14.2. The van der Waals surface area contributed by atoms with Gasteiger partial charge in [-0.3, -0.25) is 5.21 Å². The Balaban J connectivity index is 3.92. The highest BCUT2D eigenvalue weighted by Gasteiger charge is 2.05. The van der Waals surface area contributed by atoms with Crippen molar-refractivity contribution >= 4 is 5.96 Å². The van der Waals surface area contributed by atoms with E-state index in [0.29, 0.717) is 0 Å². The summed E-state index contributed by atoms with van der Waals surface area (Å²) < 4.78 is 0. The van der Waals surface area contributed by atoms with Gasteiger partial charge in [0.2, 0.25) is 5.96 Å². The third-order valence-corrected chi connectivity index (χ3v) is 1.95. The summed E-state index contributed by atoms with van der Waals surface area (Å²) in [7, 11) is 0. The van der Waals surface area contributed by atoms with Crippen molar-refractivity contribution in [3.05, 3.63) is 0 Å². The maximum atomic E-state index is 8.47. The van der Waals surface area contributed by atoms with Crippen LogP contribution in [0.4, 0.5) is 0 Å². The van der Waals surface area contributed by atoms with Crippen LogP contribution in [0.2, 0.25) is 0 Å². The third kappa shape index (κ3) is 6.40. The summed E-state index contributed by atoms with van der Waals surface area (Å²) in [6.45, 7) is 4.28. The molecule has 4 heteroatoms. The van der Waals surface area contributed by atoms with Crippen LogP contribution in [0.15, 0.2) is 4.99 Å². The van der Waals surface area contributed by atoms with Gasteiger partial charge in [-0.1, -0.05) is 33.1 Å². The number of aliphatic imine (C=N–C) groups is 1. The summed E-state index contributed by atoms with van der Waals surface area (Å²) in [4.78, 5) is 4.16. The maximum Gasteiger partial charge on any atom is 0.213 e. The smallest absolute Gasteiger partial charge is 0.213 e. The fraction of sp³-hybridized carbons (Fsp3) is 0.889. The predicted octanol–water partition coefficient (Wildman–Crippen LogP) is 1.64. The minimum atomic E-state index is 0.120. The van der Waals surface area contributed by atoms with E-state index in [1.165, 1.54) is 6.42 Å². The van der Waals surface area contributed by atoms with Crippen LogP contribution in [0.3, 0.4) is 0 Å². The fourth-order valence-electron chi connectivity index (χ4n) is 1.27. The highest BCUT2D eigenvalue weighted by Crippen LogP contribution is 2.10. The van der Waals surface area contributed by atoms with Gasteiger partial charge in [0.25, 0.3) is 0 Å². The first kappa shape index (κ1) is 12.2. The van der Waals surface area contributed by atoms with Gasteiger partial charge in [-0.2, -0.15) is 0 Å². The topological polar surface area (TPSA) is 70.6 Å². The van der Waals surface area contributed by atoms with Crippen LogP contribution in [0, 0.1) is 0 Å². The molecule has 1 atom stereocenters. The number of nitrogens with one attached hydrogen (secondary N) is 1. The molecule has 0 fully saturated rings. The SMILES string of the molecule is CCCCC(CCC)N=C(N)NO. The van der Waals surface area contributed by atoms with Crippen molar-refractivity contribution in [2.45, 2.75) is 52.0 Å². The van der Waals surface area contributed by atoms with Crippen LogP contribution in [-0.4, -0.2) is 17.2 Å². The van der Waals surface area contributed by atoms with Crippen molar-refractivity contribution in [2.24, 2.45) is 10.7 Å². The lowest BCUT2D eigenvalue weighted by atomic mass is 10.1. The molecule has 0 amide bonds. The van der Waals surface area contributed by atoms with Crippen LogP contribution in [0.25, 0.3) is 0 Å². The molecule has 0 aromatic heterocycles. The number of nitrogens with two attached hydrogens (primary N) is 1. The Morgan fingerprint density at radius 2 is 2.08 bits per heavy atom. The summed E-state index contributed by atoms with van der Waals surface area (Å²) in [5.41, 5.74) is 7.22. The molecule has 0 saturated carbocycles. The van der Waals surface area contributed by atoms with E-state index in [2.05, 4.69) is 18.8 Å². The number of hydrogen-bond acceptors (Lipinski definition) is 2. The van der Waals surface area contributed by atoms with Gasteiger partial charge in [0, 0.05) is 0 Å². The number of hydroxylamine groups is 1. The van der Waals surface area contributed by atoms with Gasteiger partial charge in [-0.15, -0.1) is 0 Å². The Morgan fingerprint density at radius 3 is 2.54 bits per heavy atom. The standard InChI is InChI=1S/C9H21N3O/c1-3-5-7-8(6-4-2)11-9(10)12-13/h8,13H,3-7H2,1-2H3,(H3,10,11,12). The van der Waals surface area contributed by atoms with Crippen LogP contribution in [0.1, 0.15) is 46.0 Å². The average Bonchev–Trinajstić information content (AvgIpc) is 2.14. The number of unbranched alkanes of at least 4 members (excludes halogenated alkanes) is 1. The van der Waals surface area contributed by atoms with Gasteiger partial charge in [0.1, 0.15) is 0 Å². The van der Waals surface area contributed by atoms with Crippen molar-refractivity contribution in [3.8, 4) is 0 Å². The molecule has 0 radical (unpaired) electrons. The van der Waals surface area contributed by atoms with Crippen molar-refractivity contribution in [1.82, 2.24) is 5.48 Å². The van der Waals surface area contributed by atoms with Gasteiger partial charge in [-0.25, -0.2) is 10.5 Å². The van der Waals surface area contributed by atoms with Crippen LogP contribution >= 0.6 is 0 Å². The largest absolute Gasteiger partial charge is 0.368 e. The fourth-order valence-corrected chi connectivity index (χ4v) is 1.27. The molecule has 0 saturated heterocycles. The third-order valence-electron chi connectivity index (χ3n) is 1.95. The molecule has 0 heterocycles. The van der Waals surface area contributed by atoms with Crippen LogP contribution < -0.4 is 11.2 Å². The first-order chi connectivity index (χ1) is 6.24. The van der Waals surface area contributed by atoms with Crippen molar-refractivity contribution in [3.63, 3.8) is 0 Å². The van der Waals surface area contributed by atoms with E-state index in [0.717, 1.165) is 25.7 Å². The molecule has 13 heavy (non-hydrogen) atoms. The van der Waals surface area contributed by atoms with Gasteiger partial charge in [-0.05, 0) is 12.8 Å². The quantitative estimate of drug-likeness (QED) is 0.336. The first-order valence-electron chi connectivity index (χ1n) is 4.97. The first-order valence-corrected chi connectivity index (χ1v) is 4.97. The summed E-state index contributed by atoms with van der Waals surface area (Å²) >= 11 is 0. The van der Waals surface area contributed by atoms with E-state index in [-0.39, 0.29) is 12.0 Å². The maximum absolute atomic E-state index is 8.47. The van der Waals surface area contributed by atoms with Gasteiger partial charge >= 0.3 is 0 Å². The molecule has 0 spiro atoms. The lowest BCUT2D eigenvalue weighted by Gasteiger charge is -2.11. The number of hydrogen-bond donors (Lipinski definition) is 3. The van der Waals surface area contributed by atoms with Crippen molar-refractivity contribution in [1.29, 1.82) is 0 Å². The minimum absolute atomic E-state index is 0.120. The van der Waals surface area contributed by atoms with E-state index >= 15 is 0 Å². The molecule has 0 aromatic carbocycles. The second kappa shape index (κ2) is 7.86. The van der Waals surface area contributed by atoms with Crippen LogP contribution in [0.5, 0.6) is 0 Å². The molecule has 0 aliphatic rings. The zero-order chi connectivity index (χ0) is 10.1. The van der Waals surface area contributed by atoms with E-state index < -0.39 is 0 Å². The lowest BCUT2D eigenvalue weighted by Crippen LogP contribution is -2.30. The Hall–Kier alpha value is -0.770. The molecule has 0 aliphatic carbocycles. The monoisotopic (exact) mass is 187 g/mol. The number of nitrogens with zero attached hydrogens (tertiary/aromatic N) is 1.